The van der Waals surface area contributed by atoms with Crippen molar-refractivity contribution in [2.75, 3.05) is 4.90 Å². The van der Waals surface area contributed by atoms with Crippen LogP contribution in [0.3, 0.4) is 0 Å². The Labute approximate surface area is 187 Å². The summed E-state index contributed by atoms with van der Waals surface area (Å²) >= 11 is 6.02. The van der Waals surface area contributed by atoms with Gasteiger partial charge in [-0.05, 0) is 74.1 Å². The van der Waals surface area contributed by atoms with E-state index < -0.39 is 11.0 Å². The Hall–Kier alpha value is -2.56. The summed E-state index contributed by atoms with van der Waals surface area (Å²) in [5, 5.41) is 21.8. The Morgan fingerprint density at radius 3 is 2.26 bits per heavy atom. The van der Waals surface area contributed by atoms with E-state index in [0.29, 0.717) is 37.1 Å². The highest BCUT2D eigenvalue weighted by molar-refractivity contribution is 6.30. The van der Waals surface area contributed by atoms with Crippen molar-refractivity contribution >= 4 is 23.2 Å². The molecule has 1 aliphatic heterocycles. The fourth-order valence-corrected chi connectivity index (χ4v) is 5.80. The molecule has 1 heterocycles. The zero-order valence-electron chi connectivity index (χ0n) is 17.2. The Morgan fingerprint density at radius 2 is 1.65 bits per heavy atom. The molecule has 1 spiro atoms. The van der Waals surface area contributed by atoms with Gasteiger partial charge in [-0.1, -0.05) is 48.0 Å². The molecular weight excluding hydrogens is 410 g/mol. The first-order chi connectivity index (χ1) is 14.9. The third-order valence-electron chi connectivity index (χ3n) is 7.39. The maximum Gasteiger partial charge on any atom is 0.235 e. The molecule has 2 aliphatic carbocycles. The van der Waals surface area contributed by atoms with Crippen molar-refractivity contribution in [3.8, 4) is 0 Å². The minimum Gasteiger partial charge on any atom is -0.508 e. The molecule has 5 rings (SSSR count). The van der Waals surface area contributed by atoms with E-state index in [9.17, 15) is 15.0 Å². The zero-order valence-corrected chi connectivity index (χ0v) is 18.0. The van der Waals surface area contributed by atoms with Crippen molar-refractivity contribution in [1.29, 1.82) is 0 Å². The van der Waals surface area contributed by atoms with Gasteiger partial charge >= 0.3 is 0 Å². The minimum absolute atomic E-state index is 0.0118. The van der Waals surface area contributed by atoms with Crippen molar-refractivity contribution in [1.82, 2.24) is 0 Å². The number of aliphatic hydroxyl groups is 2. The van der Waals surface area contributed by atoms with Crippen LogP contribution in [0.4, 0.5) is 5.69 Å². The van der Waals surface area contributed by atoms with Gasteiger partial charge < -0.3 is 15.1 Å². The molecule has 0 radical (unpaired) electrons. The number of nitrogens with zero attached hydrogens (tertiary/aromatic N) is 1. The first-order valence-electron chi connectivity index (χ1n) is 10.9. The summed E-state index contributed by atoms with van der Waals surface area (Å²) in [4.78, 5) is 15.5. The molecule has 1 unspecified atom stereocenters. The lowest BCUT2D eigenvalue weighted by Gasteiger charge is -2.61. The molecule has 0 aromatic heterocycles. The summed E-state index contributed by atoms with van der Waals surface area (Å²) in [6.07, 6.45) is 8.65. The number of halogens is 1. The standard InChI is InChI=1S/C26H26ClNO3/c27-20-10-8-19(9-11-20)26(31)16-14-25(15-17-26)23(18-6-12-22(29)13-7-18)28(24(25)30)21-4-2-1-3-5-21/h1-6,8-13,18,23,29,31H,7,14-17H2/t18?,23-,25?,26?/m1/s1. The first kappa shape index (κ1) is 20.3. The van der Waals surface area contributed by atoms with Crippen molar-refractivity contribution in [3.05, 3.63) is 89.2 Å². The molecule has 2 N–H and O–H groups in total. The summed E-state index contributed by atoms with van der Waals surface area (Å²) in [7, 11) is 0. The predicted octanol–water partition coefficient (Wildman–Crippen LogP) is 5.52. The van der Waals surface area contributed by atoms with Crippen LogP contribution in [0.25, 0.3) is 0 Å². The number of carbonyl (C=O) groups excluding carboxylic acids is 1. The van der Waals surface area contributed by atoms with E-state index in [1.165, 1.54) is 0 Å². The van der Waals surface area contributed by atoms with E-state index in [1.54, 1.807) is 18.2 Å². The van der Waals surface area contributed by atoms with Crippen LogP contribution in [0.5, 0.6) is 0 Å². The van der Waals surface area contributed by atoms with Crippen LogP contribution < -0.4 is 4.90 Å². The molecule has 3 aliphatic rings. The van der Waals surface area contributed by atoms with Crippen molar-refractivity contribution in [2.24, 2.45) is 11.3 Å². The number of benzene rings is 2. The second-order valence-electron chi connectivity index (χ2n) is 9.04. The van der Waals surface area contributed by atoms with Gasteiger partial charge in [0.25, 0.3) is 0 Å². The van der Waals surface area contributed by atoms with Crippen molar-refractivity contribution in [3.63, 3.8) is 0 Å². The van der Waals surface area contributed by atoms with Gasteiger partial charge in [0.1, 0.15) is 5.76 Å². The molecule has 160 valence electrons. The normalized spacial score (nSPS) is 32.6. The third kappa shape index (κ3) is 3.29. The van der Waals surface area contributed by atoms with Crippen LogP contribution in [0.15, 0.2) is 78.6 Å². The van der Waals surface area contributed by atoms with Crippen molar-refractivity contribution in [2.45, 2.75) is 43.7 Å². The molecular formula is C26H26ClNO3. The molecule has 2 fully saturated rings. The van der Waals surface area contributed by atoms with Gasteiger partial charge in [0.15, 0.2) is 0 Å². The van der Waals surface area contributed by atoms with Crippen LogP contribution in [0.2, 0.25) is 5.02 Å². The molecule has 2 atom stereocenters. The van der Waals surface area contributed by atoms with E-state index in [4.69, 9.17) is 11.6 Å². The van der Waals surface area contributed by atoms with Crippen molar-refractivity contribution < 1.29 is 15.0 Å². The van der Waals surface area contributed by atoms with E-state index in [0.717, 1.165) is 11.3 Å². The van der Waals surface area contributed by atoms with Gasteiger partial charge in [-0.2, -0.15) is 0 Å². The largest absolute Gasteiger partial charge is 0.508 e. The second kappa shape index (κ2) is 7.54. The summed E-state index contributed by atoms with van der Waals surface area (Å²) in [6.45, 7) is 0. The van der Waals surface area contributed by atoms with E-state index in [-0.39, 0.29) is 23.6 Å². The number of hydrogen-bond donors (Lipinski definition) is 2. The summed E-state index contributed by atoms with van der Waals surface area (Å²) < 4.78 is 0. The van der Waals surface area contributed by atoms with Gasteiger partial charge in [-0.15, -0.1) is 0 Å². The fraction of sp³-hybridized carbons (Fsp3) is 0.346. The van der Waals surface area contributed by atoms with Gasteiger partial charge in [-0.25, -0.2) is 0 Å². The number of aliphatic hydroxyl groups excluding tert-OH is 1. The molecule has 2 aromatic rings. The minimum atomic E-state index is -0.936. The third-order valence-corrected chi connectivity index (χ3v) is 7.65. The highest BCUT2D eigenvalue weighted by Gasteiger charge is 2.64. The number of para-hydroxylation sites is 1. The maximum atomic E-state index is 13.6. The number of rotatable bonds is 3. The smallest absolute Gasteiger partial charge is 0.235 e. The average Bonchev–Trinajstić information content (AvgIpc) is 2.79. The highest BCUT2D eigenvalue weighted by atomic mass is 35.5. The summed E-state index contributed by atoms with van der Waals surface area (Å²) in [5.74, 6) is 0.563. The number of amides is 1. The molecule has 4 nitrogen and oxygen atoms in total. The lowest BCUT2D eigenvalue weighted by atomic mass is 9.55. The van der Waals surface area contributed by atoms with Gasteiger partial charge in [0.05, 0.1) is 17.1 Å². The quantitative estimate of drug-likeness (QED) is 0.624. The Morgan fingerprint density at radius 1 is 0.968 bits per heavy atom. The number of β-lactam (4-membered cyclic amide) rings is 1. The number of hydrogen-bond acceptors (Lipinski definition) is 3. The number of anilines is 1. The molecule has 5 heteroatoms. The fourth-order valence-electron chi connectivity index (χ4n) is 5.67. The Bertz CT molecular complexity index is 1040. The first-order valence-corrected chi connectivity index (χ1v) is 11.3. The van der Waals surface area contributed by atoms with E-state index in [2.05, 4.69) is 0 Å². The van der Waals surface area contributed by atoms with E-state index >= 15 is 0 Å². The van der Waals surface area contributed by atoms with Crippen LogP contribution in [-0.4, -0.2) is 22.2 Å². The van der Waals surface area contributed by atoms with Gasteiger partial charge in [0, 0.05) is 16.6 Å². The molecule has 1 amide bonds. The summed E-state index contributed by atoms with van der Waals surface area (Å²) in [6, 6.07) is 17.2. The number of carbonyl (C=O) groups is 1. The lowest BCUT2D eigenvalue weighted by molar-refractivity contribution is -0.151. The predicted molar refractivity (Wildman–Crippen MR) is 122 cm³/mol. The summed E-state index contributed by atoms with van der Waals surface area (Å²) in [5.41, 5.74) is 0.355. The van der Waals surface area contributed by atoms with Crippen LogP contribution in [0.1, 0.15) is 37.7 Å². The van der Waals surface area contributed by atoms with Gasteiger partial charge in [-0.3, -0.25) is 4.79 Å². The Kier molecular flexibility index (Phi) is 4.95. The Balaban J connectivity index is 1.44. The van der Waals surface area contributed by atoms with Crippen LogP contribution >= 0.6 is 11.6 Å². The molecule has 1 saturated heterocycles. The number of allylic oxidation sites excluding steroid dienone is 2. The van der Waals surface area contributed by atoms with E-state index in [1.807, 2.05) is 59.5 Å². The molecule has 31 heavy (non-hydrogen) atoms. The van der Waals surface area contributed by atoms with Gasteiger partial charge in [0.2, 0.25) is 5.91 Å². The lowest BCUT2D eigenvalue weighted by Crippen LogP contribution is -2.73. The monoisotopic (exact) mass is 435 g/mol. The molecule has 1 saturated carbocycles. The second-order valence-corrected chi connectivity index (χ2v) is 9.47. The SMILES string of the molecule is O=C1N(c2ccccc2)[C@H](C2C=CC(O)=CC2)C12CCC(O)(c1ccc(Cl)cc1)CC2. The zero-order chi connectivity index (χ0) is 21.6. The maximum absolute atomic E-state index is 13.6. The average molecular weight is 436 g/mol. The van der Waals surface area contributed by atoms with Crippen LogP contribution in [-0.2, 0) is 10.4 Å². The highest BCUT2D eigenvalue weighted by Crippen LogP contribution is 2.58. The molecule has 0 bridgehead atoms. The molecule has 2 aromatic carbocycles. The topological polar surface area (TPSA) is 60.8 Å². The van der Waals surface area contributed by atoms with Crippen LogP contribution in [0, 0.1) is 11.3 Å².